The van der Waals surface area contributed by atoms with Crippen LogP contribution in [0.2, 0.25) is 0 Å². The van der Waals surface area contributed by atoms with Crippen LogP contribution in [0.5, 0.6) is 0 Å². The van der Waals surface area contributed by atoms with Crippen molar-refractivity contribution in [2.75, 3.05) is 37.8 Å². The zero-order valence-corrected chi connectivity index (χ0v) is 18.7. The van der Waals surface area contributed by atoms with Crippen LogP contribution in [0.3, 0.4) is 0 Å². The number of hydrogen-bond acceptors (Lipinski definition) is 4. The quantitative estimate of drug-likeness (QED) is 0.582. The number of hydrogen-bond donors (Lipinski definition) is 2. The van der Waals surface area contributed by atoms with Crippen molar-refractivity contribution >= 4 is 34.3 Å². The van der Waals surface area contributed by atoms with Gasteiger partial charge in [0.15, 0.2) is 5.76 Å². The van der Waals surface area contributed by atoms with Crippen LogP contribution in [0.15, 0.2) is 52.9 Å². The number of amides is 3. The minimum Gasteiger partial charge on any atom is -0.451 e. The SMILES string of the molecule is CN(C)Cc1c(C(=O)Nc2ccc(NC(=O)N3CCCCCC3)cc2)oc2ccccc12. The molecule has 0 radical (unpaired) electrons. The Morgan fingerprint density at radius 2 is 1.53 bits per heavy atom. The van der Waals surface area contributed by atoms with E-state index in [1.54, 1.807) is 24.3 Å². The number of para-hydroxylation sites is 1. The van der Waals surface area contributed by atoms with E-state index in [0.29, 0.717) is 29.3 Å². The van der Waals surface area contributed by atoms with E-state index in [2.05, 4.69) is 10.6 Å². The number of nitrogens with zero attached hydrogens (tertiary/aromatic N) is 2. The molecule has 0 aliphatic carbocycles. The van der Waals surface area contributed by atoms with Crippen LogP contribution in [0, 0.1) is 0 Å². The third-order valence-corrected chi connectivity index (χ3v) is 5.67. The second kappa shape index (κ2) is 9.87. The standard InChI is InChI=1S/C25H30N4O3/c1-28(2)17-21-20-9-5-6-10-22(20)32-23(21)24(30)26-18-11-13-19(14-12-18)27-25(31)29-15-7-3-4-8-16-29/h5-6,9-14H,3-4,7-8,15-17H2,1-2H3,(H,26,30)(H,27,31). The van der Waals surface area contributed by atoms with Crippen molar-refractivity contribution in [3.05, 3.63) is 59.9 Å². The van der Waals surface area contributed by atoms with Crippen molar-refractivity contribution in [2.45, 2.75) is 32.2 Å². The topological polar surface area (TPSA) is 77.8 Å². The predicted molar refractivity (Wildman–Crippen MR) is 127 cm³/mol. The third-order valence-electron chi connectivity index (χ3n) is 5.67. The Bertz CT molecular complexity index is 1080. The predicted octanol–water partition coefficient (Wildman–Crippen LogP) is 5.15. The second-order valence-corrected chi connectivity index (χ2v) is 8.51. The number of rotatable bonds is 5. The van der Waals surface area contributed by atoms with Gasteiger partial charge in [-0.1, -0.05) is 31.0 Å². The summed E-state index contributed by atoms with van der Waals surface area (Å²) in [4.78, 5) is 29.4. The summed E-state index contributed by atoms with van der Waals surface area (Å²) in [6, 6.07) is 14.8. The number of carbonyl (C=O) groups is 2. The first-order valence-corrected chi connectivity index (χ1v) is 11.1. The van der Waals surface area contributed by atoms with Gasteiger partial charge < -0.3 is 24.9 Å². The normalized spacial score (nSPS) is 14.4. The molecule has 1 aromatic heterocycles. The van der Waals surface area contributed by atoms with Crippen LogP contribution in [0.4, 0.5) is 16.2 Å². The zero-order valence-electron chi connectivity index (χ0n) is 18.7. The van der Waals surface area contributed by atoms with Gasteiger partial charge in [-0.25, -0.2) is 4.79 Å². The van der Waals surface area contributed by atoms with Gasteiger partial charge >= 0.3 is 6.03 Å². The highest BCUT2D eigenvalue weighted by Gasteiger charge is 2.21. The average molecular weight is 435 g/mol. The van der Waals surface area contributed by atoms with Gasteiger partial charge in [0.05, 0.1) is 0 Å². The molecule has 0 atom stereocenters. The molecule has 0 spiro atoms. The van der Waals surface area contributed by atoms with Gasteiger partial charge in [0.1, 0.15) is 5.58 Å². The number of fused-ring (bicyclic) bond motifs is 1. The van der Waals surface area contributed by atoms with E-state index in [0.717, 1.165) is 36.9 Å². The van der Waals surface area contributed by atoms with E-state index >= 15 is 0 Å². The highest BCUT2D eigenvalue weighted by molar-refractivity contribution is 6.06. The van der Waals surface area contributed by atoms with E-state index in [9.17, 15) is 9.59 Å². The van der Waals surface area contributed by atoms with Crippen molar-refractivity contribution < 1.29 is 14.0 Å². The largest absolute Gasteiger partial charge is 0.451 e. The Morgan fingerprint density at radius 3 is 2.19 bits per heavy atom. The lowest BCUT2D eigenvalue weighted by molar-refractivity contribution is 0.0996. The fourth-order valence-electron chi connectivity index (χ4n) is 4.06. The summed E-state index contributed by atoms with van der Waals surface area (Å²) in [6.07, 6.45) is 4.46. The first-order valence-electron chi connectivity index (χ1n) is 11.1. The van der Waals surface area contributed by atoms with Crippen molar-refractivity contribution in [1.82, 2.24) is 9.80 Å². The Hall–Kier alpha value is -3.32. The molecular weight excluding hydrogens is 404 g/mol. The van der Waals surface area contributed by atoms with E-state index in [1.165, 1.54) is 12.8 Å². The van der Waals surface area contributed by atoms with Crippen LogP contribution in [0.1, 0.15) is 41.8 Å². The Kier molecular flexibility index (Phi) is 6.75. The molecule has 7 heteroatoms. The number of nitrogens with one attached hydrogen (secondary N) is 2. The minimum atomic E-state index is -0.292. The number of urea groups is 1. The Morgan fingerprint density at radius 1 is 0.906 bits per heavy atom. The summed E-state index contributed by atoms with van der Waals surface area (Å²) in [5, 5.41) is 6.80. The molecule has 1 fully saturated rings. The van der Waals surface area contributed by atoms with Gasteiger partial charge in [-0.15, -0.1) is 0 Å². The third kappa shape index (κ3) is 5.11. The van der Waals surface area contributed by atoms with Crippen molar-refractivity contribution in [3.8, 4) is 0 Å². The van der Waals surface area contributed by atoms with Crippen LogP contribution in [0.25, 0.3) is 11.0 Å². The first-order chi connectivity index (χ1) is 15.5. The van der Waals surface area contributed by atoms with Gasteiger partial charge in [0.25, 0.3) is 5.91 Å². The summed E-state index contributed by atoms with van der Waals surface area (Å²) in [5.41, 5.74) is 2.90. The fourth-order valence-corrected chi connectivity index (χ4v) is 4.06. The van der Waals surface area contributed by atoms with Gasteiger partial charge in [-0.2, -0.15) is 0 Å². The molecule has 7 nitrogen and oxygen atoms in total. The monoisotopic (exact) mass is 434 g/mol. The van der Waals surface area contributed by atoms with Crippen LogP contribution in [-0.2, 0) is 6.54 Å². The molecule has 4 rings (SSSR count). The second-order valence-electron chi connectivity index (χ2n) is 8.51. The smallest absolute Gasteiger partial charge is 0.321 e. The Balaban J connectivity index is 1.44. The molecular formula is C25H30N4O3. The number of furan rings is 1. The lowest BCUT2D eigenvalue weighted by atomic mass is 10.1. The molecule has 32 heavy (non-hydrogen) atoms. The van der Waals surface area contributed by atoms with Crippen molar-refractivity contribution in [3.63, 3.8) is 0 Å². The molecule has 0 unspecified atom stereocenters. The van der Waals surface area contributed by atoms with Gasteiger partial charge in [0.2, 0.25) is 0 Å². The lowest BCUT2D eigenvalue weighted by Crippen LogP contribution is -2.35. The molecule has 1 aliphatic heterocycles. The van der Waals surface area contributed by atoms with E-state index in [1.807, 2.05) is 48.2 Å². The van der Waals surface area contributed by atoms with E-state index in [-0.39, 0.29) is 11.9 Å². The van der Waals surface area contributed by atoms with Crippen LogP contribution in [-0.4, -0.2) is 48.9 Å². The Labute approximate surface area is 188 Å². The summed E-state index contributed by atoms with van der Waals surface area (Å²) in [5.74, 6) is 0.0258. The lowest BCUT2D eigenvalue weighted by Gasteiger charge is -2.20. The molecule has 0 bridgehead atoms. The molecule has 1 saturated heterocycles. The first kappa shape index (κ1) is 21.9. The number of anilines is 2. The maximum absolute atomic E-state index is 13.0. The van der Waals surface area contributed by atoms with Crippen LogP contribution < -0.4 is 10.6 Å². The molecule has 3 aromatic rings. The maximum atomic E-state index is 13.0. The molecule has 2 aromatic carbocycles. The number of benzene rings is 2. The number of carbonyl (C=O) groups excluding carboxylic acids is 2. The van der Waals surface area contributed by atoms with E-state index in [4.69, 9.17) is 4.42 Å². The van der Waals surface area contributed by atoms with Gasteiger partial charge in [-0.05, 0) is 57.3 Å². The molecule has 0 saturated carbocycles. The van der Waals surface area contributed by atoms with Crippen LogP contribution >= 0.6 is 0 Å². The summed E-state index contributed by atoms with van der Waals surface area (Å²) >= 11 is 0. The van der Waals surface area contributed by atoms with E-state index < -0.39 is 0 Å². The summed E-state index contributed by atoms with van der Waals surface area (Å²) < 4.78 is 5.89. The molecule has 2 heterocycles. The summed E-state index contributed by atoms with van der Waals surface area (Å²) in [6.45, 7) is 2.20. The molecule has 168 valence electrons. The highest BCUT2D eigenvalue weighted by Crippen LogP contribution is 2.28. The summed E-state index contributed by atoms with van der Waals surface area (Å²) in [7, 11) is 3.92. The zero-order chi connectivity index (χ0) is 22.5. The maximum Gasteiger partial charge on any atom is 0.321 e. The van der Waals surface area contributed by atoms with Gasteiger partial charge in [-0.3, -0.25) is 4.79 Å². The van der Waals surface area contributed by atoms with Gasteiger partial charge in [0, 0.05) is 42.0 Å². The molecule has 3 amide bonds. The highest BCUT2D eigenvalue weighted by atomic mass is 16.3. The molecule has 1 aliphatic rings. The molecule has 2 N–H and O–H groups in total. The van der Waals surface area contributed by atoms with Crippen molar-refractivity contribution in [1.29, 1.82) is 0 Å². The fraction of sp³-hybridized carbons (Fsp3) is 0.360. The number of likely N-dealkylation sites (tertiary alicyclic amines) is 1. The average Bonchev–Trinajstić information content (AvgIpc) is 2.95. The minimum absolute atomic E-state index is 0.0701. The van der Waals surface area contributed by atoms with Crippen molar-refractivity contribution in [2.24, 2.45) is 0 Å².